The maximum atomic E-state index is 9.75. The number of rotatable bonds is 28. The molecule has 0 aromatic carbocycles. The fourth-order valence-corrected chi connectivity index (χ4v) is 4.83. The van der Waals surface area contributed by atoms with Gasteiger partial charge in [-0.25, -0.2) is 0 Å². The SMILES string of the molecule is CCCCCCCCCC.CCCCCCCCCC.CCCCCCCCCC.CCCCCCCCCC.F[B-](F)(F)F.[Mn]. The zero-order valence-electron chi connectivity index (χ0n) is 33.1. The summed E-state index contributed by atoms with van der Waals surface area (Å²) in [5.74, 6) is 0. The fourth-order valence-electron chi connectivity index (χ4n) is 4.83. The van der Waals surface area contributed by atoms with Crippen LogP contribution in [-0.4, -0.2) is 7.25 Å². The summed E-state index contributed by atoms with van der Waals surface area (Å²) in [5, 5.41) is 0. The molecule has 0 nitrogen and oxygen atoms in total. The number of hydrogen-bond acceptors (Lipinski definition) is 0. The van der Waals surface area contributed by atoms with E-state index in [0.29, 0.717) is 0 Å². The van der Waals surface area contributed by atoms with Crippen molar-refractivity contribution in [2.24, 2.45) is 0 Å². The Balaban J connectivity index is -0.000000110. The van der Waals surface area contributed by atoms with Gasteiger partial charge in [-0.05, 0) is 0 Å². The fraction of sp³-hybridized carbons (Fsp3) is 1.00. The largest absolute Gasteiger partial charge is 0.673 e. The van der Waals surface area contributed by atoms with Gasteiger partial charge in [-0.1, -0.05) is 261 Å². The third kappa shape index (κ3) is 104. The molecular weight excluding hydrogens is 622 g/mol. The number of unbranched alkanes of at least 4 members (excludes halogenated alkanes) is 28. The molecule has 0 aromatic heterocycles. The van der Waals surface area contributed by atoms with E-state index in [1.165, 1.54) is 205 Å². The molecule has 0 aliphatic carbocycles. The van der Waals surface area contributed by atoms with E-state index in [9.17, 15) is 17.3 Å². The molecule has 0 N–H and O–H groups in total. The van der Waals surface area contributed by atoms with E-state index in [1.807, 2.05) is 0 Å². The quantitative estimate of drug-likeness (QED) is 0.0431. The summed E-state index contributed by atoms with van der Waals surface area (Å²) >= 11 is 0. The van der Waals surface area contributed by atoms with Crippen molar-refractivity contribution in [1.82, 2.24) is 0 Å². The molecule has 0 unspecified atom stereocenters. The summed E-state index contributed by atoms with van der Waals surface area (Å²) < 4.78 is 39.0. The minimum Gasteiger partial charge on any atom is -0.418 e. The minimum absolute atomic E-state index is 0. The van der Waals surface area contributed by atoms with Crippen LogP contribution in [0.2, 0.25) is 0 Å². The first-order valence-corrected chi connectivity index (χ1v) is 20.5. The van der Waals surface area contributed by atoms with Gasteiger partial charge >= 0.3 is 7.25 Å². The molecule has 287 valence electrons. The normalized spacial score (nSPS) is 10.2. The van der Waals surface area contributed by atoms with Crippen LogP contribution in [0.5, 0.6) is 0 Å². The van der Waals surface area contributed by atoms with E-state index in [1.54, 1.807) is 0 Å². The van der Waals surface area contributed by atoms with Crippen LogP contribution in [0, 0.1) is 0 Å². The van der Waals surface area contributed by atoms with Crippen molar-refractivity contribution in [3.63, 3.8) is 0 Å². The third-order valence-electron chi connectivity index (χ3n) is 7.83. The molecule has 0 saturated carbocycles. The average Bonchev–Trinajstić information content (AvgIpc) is 3.00. The zero-order chi connectivity index (χ0) is 35.1. The van der Waals surface area contributed by atoms with Crippen molar-refractivity contribution in [3.8, 4) is 0 Å². The molecular formula is C40H88BF4Mn-. The number of hydrogen-bond donors (Lipinski definition) is 0. The van der Waals surface area contributed by atoms with Crippen molar-refractivity contribution in [1.29, 1.82) is 0 Å². The van der Waals surface area contributed by atoms with Gasteiger partial charge in [-0.15, -0.1) is 0 Å². The van der Waals surface area contributed by atoms with E-state index in [2.05, 4.69) is 55.4 Å². The van der Waals surface area contributed by atoms with Crippen LogP contribution < -0.4 is 0 Å². The van der Waals surface area contributed by atoms with Crippen LogP contribution in [0.25, 0.3) is 0 Å². The maximum Gasteiger partial charge on any atom is 0.673 e. The van der Waals surface area contributed by atoms with Gasteiger partial charge in [-0.2, -0.15) is 0 Å². The molecule has 0 heterocycles. The smallest absolute Gasteiger partial charge is 0.418 e. The Bertz CT molecular complexity index is 321. The Hall–Kier alpha value is 0.304. The Kier molecular flexibility index (Phi) is 77.1. The molecule has 0 aromatic rings. The first-order chi connectivity index (χ1) is 21.7. The summed E-state index contributed by atoms with van der Waals surface area (Å²) in [6.07, 6.45) is 45.8. The average molecular weight is 711 g/mol. The first kappa shape index (κ1) is 58.5. The van der Waals surface area contributed by atoms with E-state index in [-0.39, 0.29) is 17.1 Å². The van der Waals surface area contributed by atoms with Gasteiger partial charge in [0.2, 0.25) is 0 Å². The molecule has 0 aliphatic heterocycles. The molecule has 0 aliphatic rings. The molecule has 0 rings (SSSR count). The van der Waals surface area contributed by atoms with E-state index >= 15 is 0 Å². The van der Waals surface area contributed by atoms with Crippen LogP contribution in [0.15, 0.2) is 0 Å². The van der Waals surface area contributed by atoms with Crippen LogP contribution in [0.3, 0.4) is 0 Å². The van der Waals surface area contributed by atoms with Gasteiger partial charge in [0, 0.05) is 17.1 Å². The maximum absolute atomic E-state index is 9.75. The van der Waals surface area contributed by atoms with E-state index in [4.69, 9.17) is 0 Å². The van der Waals surface area contributed by atoms with Crippen LogP contribution >= 0.6 is 0 Å². The zero-order valence-corrected chi connectivity index (χ0v) is 34.3. The second-order valence-corrected chi connectivity index (χ2v) is 13.0. The molecule has 0 atom stereocenters. The first-order valence-electron chi connectivity index (χ1n) is 20.5. The monoisotopic (exact) mass is 711 g/mol. The molecule has 0 fully saturated rings. The Morgan fingerprint density at radius 1 is 0.217 bits per heavy atom. The molecule has 6 heteroatoms. The molecule has 0 spiro atoms. The van der Waals surface area contributed by atoms with Crippen molar-refractivity contribution in [2.75, 3.05) is 0 Å². The third-order valence-corrected chi connectivity index (χ3v) is 7.83. The predicted molar refractivity (Wildman–Crippen MR) is 203 cm³/mol. The second kappa shape index (κ2) is 60.6. The molecule has 0 bridgehead atoms. The van der Waals surface area contributed by atoms with Crippen molar-refractivity contribution in [3.05, 3.63) is 0 Å². The summed E-state index contributed by atoms with van der Waals surface area (Å²) in [6.45, 7) is 18.2. The summed E-state index contributed by atoms with van der Waals surface area (Å²) in [6, 6.07) is 0. The predicted octanol–water partition coefficient (Wildman–Crippen LogP) is 17.9. The van der Waals surface area contributed by atoms with E-state index < -0.39 is 7.25 Å². The standard InChI is InChI=1S/4C10H22.BF4.Mn/c4*1-3-5-7-9-10-8-6-4-2;2-1(3,4)5;/h4*3-10H2,1-2H3;;/q;;;;-1;. The van der Waals surface area contributed by atoms with Crippen molar-refractivity contribution < 1.29 is 34.3 Å². The summed E-state index contributed by atoms with van der Waals surface area (Å²) in [5.41, 5.74) is 0. The molecule has 46 heavy (non-hydrogen) atoms. The Morgan fingerprint density at radius 2 is 0.283 bits per heavy atom. The van der Waals surface area contributed by atoms with Crippen LogP contribution in [0.1, 0.15) is 261 Å². The molecule has 1 radical (unpaired) electrons. The Morgan fingerprint density at radius 3 is 0.348 bits per heavy atom. The summed E-state index contributed by atoms with van der Waals surface area (Å²) in [7, 11) is -6.00. The van der Waals surface area contributed by atoms with E-state index in [0.717, 1.165) is 0 Å². The Labute approximate surface area is 301 Å². The minimum atomic E-state index is -6.00. The van der Waals surface area contributed by atoms with Gasteiger partial charge < -0.3 is 17.3 Å². The molecule has 0 saturated heterocycles. The molecule has 0 amide bonds. The van der Waals surface area contributed by atoms with Gasteiger partial charge in [-0.3, -0.25) is 0 Å². The second-order valence-electron chi connectivity index (χ2n) is 13.0. The summed E-state index contributed by atoms with van der Waals surface area (Å²) in [4.78, 5) is 0. The van der Waals surface area contributed by atoms with Gasteiger partial charge in [0.05, 0.1) is 0 Å². The van der Waals surface area contributed by atoms with Gasteiger partial charge in [0.1, 0.15) is 0 Å². The van der Waals surface area contributed by atoms with Crippen molar-refractivity contribution in [2.45, 2.75) is 261 Å². The van der Waals surface area contributed by atoms with Crippen LogP contribution in [0.4, 0.5) is 17.3 Å². The van der Waals surface area contributed by atoms with Gasteiger partial charge in [0.15, 0.2) is 0 Å². The number of halogens is 4. The topological polar surface area (TPSA) is 0 Å². The van der Waals surface area contributed by atoms with Gasteiger partial charge in [0.25, 0.3) is 0 Å². The van der Waals surface area contributed by atoms with Crippen molar-refractivity contribution >= 4 is 7.25 Å². The van der Waals surface area contributed by atoms with Crippen LogP contribution in [-0.2, 0) is 17.1 Å².